The Labute approximate surface area is 171 Å². The van der Waals surface area contributed by atoms with Crippen molar-refractivity contribution in [1.29, 1.82) is 0 Å². The minimum Gasteiger partial charge on any atom is -0.245 e. The predicted octanol–water partition coefficient (Wildman–Crippen LogP) is -3.50. The molecule has 0 bridgehead atoms. The lowest BCUT2D eigenvalue weighted by Gasteiger charge is -1.85. The molecular formula is C11H20N8O8S3. The molecule has 16 nitrogen and oxygen atoms in total. The molecule has 0 aliphatic heterocycles. The summed E-state index contributed by atoms with van der Waals surface area (Å²) in [6.45, 7) is 0. The second kappa shape index (κ2) is 10.7. The topological polar surface area (TPSA) is 219 Å². The highest BCUT2D eigenvalue weighted by atomic mass is 32.2. The fourth-order valence-corrected chi connectivity index (χ4v) is 2.99. The number of tetrazole rings is 2. The van der Waals surface area contributed by atoms with Crippen molar-refractivity contribution in [3.8, 4) is 0 Å². The first-order valence-electron chi connectivity index (χ1n) is 7.30. The van der Waals surface area contributed by atoms with Crippen LogP contribution < -0.4 is 11.4 Å². The number of aromatic amines is 1. The summed E-state index contributed by atoms with van der Waals surface area (Å²) in [5, 5.41) is 17.6. The minimum atomic E-state index is -3.32. The van der Waals surface area contributed by atoms with Crippen LogP contribution in [0, 0.1) is 0 Å². The number of aromatic nitrogens is 8. The third-order valence-corrected chi connectivity index (χ3v) is 4.41. The number of hydrogen-bond acceptors (Lipinski definition) is 12. The Kier molecular flexibility index (Phi) is 9.69. The van der Waals surface area contributed by atoms with E-state index in [4.69, 9.17) is 0 Å². The van der Waals surface area contributed by atoms with Crippen molar-refractivity contribution in [3.05, 3.63) is 37.2 Å². The number of nitrogens with one attached hydrogen (secondary N) is 1. The summed E-state index contributed by atoms with van der Waals surface area (Å²) in [7, 11) is -6.94. The van der Waals surface area contributed by atoms with Crippen molar-refractivity contribution in [3.63, 3.8) is 0 Å². The summed E-state index contributed by atoms with van der Waals surface area (Å²) in [4.78, 5) is 21.2. The Morgan fingerprint density at radius 3 is 1.43 bits per heavy atom. The van der Waals surface area contributed by atoms with Gasteiger partial charge in [-0.25, -0.2) is 39.9 Å². The summed E-state index contributed by atoms with van der Waals surface area (Å²) in [6, 6.07) is 0. The van der Waals surface area contributed by atoms with Crippen molar-refractivity contribution < 1.29 is 25.3 Å². The molecule has 0 atom stereocenters. The lowest BCUT2D eigenvalue weighted by atomic mass is 11.0. The molecule has 2 heterocycles. The van der Waals surface area contributed by atoms with Crippen LogP contribution in [-0.2, 0) is 43.6 Å². The SMILES string of the molecule is CS(=O)(=O)/C=C/S(C)(=O)=O.Cn1nn[nH]c1=O.Cn1nnn(/C=C/S(C)(=O)=O)c1=O. The molecule has 19 heteroatoms. The smallest absolute Gasteiger partial charge is 0.245 e. The van der Waals surface area contributed by atoms with Gasteiger partial charge in [0.2, 0.25) is 0 Å². The number of sulfone groups is 3. The molecule has 0 amide bonds. The average molecular weight is 489 g/mol. The molecule has 0 aliphatic carbocycles. The monoisotopic (exact) mass is 488 g/mol. The highest BCUT2D eigenvalue weighted by Crippen LogP contribution is 1.90. The zero-order valence-corrected chi connectivity index (χ0v) is 18.9. The standard InChI is InChI=1S/C5H8N4O3S.C4H8O4S2.C2H4N4O/c1-8-5(10)9(7-6-8)3-4-13(2,11)12;1-9(5,6)3-4-10(2,7)8;1-6-2(7)3-4-5-6/h3-4H,1-2H3;3-4H,1-2H3;1H3,(H,3,5,7)/b2*4-3+;. The highest BCUT2D eigenvalue weighted by Gasteiger charge is 2.00. The fraction of sp³-hybridized carbons (Fsp3) is 0.455. The second-order valence-electron chi connectivity index (χ2n) is 5.51. The highest BCUT2D eigenvalue weighted by molar-refractivity contribution is 7.97. The average Bonchev–Trinajstić information content (AvgIpc) is 3.09. The van der Waals surface area contributed by atoms with E-state index in [0.717, 1.165) is 44.4 Å². The molecule has 0 unspecified atom stereocenters. The first kappa shape index (κ1) is 27.1. The molecule has 0 aromatic carbocycles. The lowest BCUT2D eigenvalue weighted by molar-refractivity contribution is 0.606. The molecular weight excluding hydrogens is 468 g/mol. The van der Waals surface area contributed by atoms with Gasteiger partial charge in [0, 0.05) is 55.3 Å². The van der Waals surface area contributed by atoms with Crippen LogP contribution in [0.3, 0.4) is 0 Å². The maximum atomic E-state index is 11.0. The van der Waals surface area contributed by atoms with Crippen LogP contribution in [0.25, 0.3) is 6.20 Å². The molecule has 0 saturated carbocycles. The van der Waals surface area contributed by atoms with Crippen LogP contribution in [-0.4, -0.2) is 84.0 Å². The van der Waals surface area contributed by atoms with Crippen molar-refractivity contribution in [1.82, 2.24) is 40.0 Å². The van der Waals surface area contributed by atoms with E-state index in [9.17, 15) is 34.8 Å². The van der Waals surface area contributed by atoms with Gasteiger partial charge in [-0.2, -0.15) is 14.0 Å². The Morgan fingerprint density at radius 1 is 0.733 bits per heavy atom. The number of H-pyrrole nitrogens is 1. The van der Waals surface area contributed by atoms with Crippen LogP contribution >= 0.6 is 0 Å². The van der Waals surface area contributed by atoms with Gasteiger partial charge in [-0.15, -0.1) is 0 Å². The summed E-state index contributed by atoms with van der Waals surface area (Å²) in [6.07, 6.45) is 3.92. The van der Waals surface area contributed by atoms with E-state index in [0.29, 0.717) is 10.8 Å². The molecule has 2 aromatic rings. The van der Waals surface area contributed by atoms with Gasteiger partial charge in [0.15, 0.2) is 29.5 Å². The third-order valence-electron chi connectivity index (χ3n) is 2.36. The van der Waals surface area contributed by atoms with Gasteiger partial charge in [-0.1, -0.05) is 0 Å². The molecule has 0 fully saturated rings. The molecule has 2 aromatic heterocycles. The van der Waals surface area contributed by atoms with Crippen molar-refractivity contribution >= 4 is 35.7 Å². The number of nitrogens with zero attached hydrogens (tertiary/aromatic N) is 7. The molecule has 2 rings (SSSR count). The Balaban J connectivity index is 0.000000441. The molecule has 0 spiro atoms. The zero-order valence-electron chi connectivity index (χ0n) is 16.4. The number of aryl methyl sites for hydroxylation is 2. The molecule has 0 saturated heterocycles. The second-order valence-corrected chi connectivity index (χ2v) is 11.3. The van der Waals surface area contributed by atoms with Crippen LogP contribution in [0.4, 0.5) is 0 Å². The summed E-state index contributed by atoms with van der Waals surface area (Å²) >= 11 is 0. The van der Waals surface area contributed by atoms with Gasteiger partial charge in [0.25, 0.3) is 0 Å². The van der Waals surface area contributed by atoms with Crippen molar-refractivity contribution in [2.75, 3.05) is 18.8 Å². The molecule has 0 aliphatic rings. The van der Waals surface area contributed by atoms with Gasteiger partial charge in [-0.05, 0) is 20.9 Å². The number of rotatable bonds is 4. The summed E-state index contributed by atoms with van der Waals surface area (Å²) in [5.74, 6) is 0. The van der Waals surface area contributed by atoms with E-state index in [1.807, 2.05) is 0 Å². The van der Waals surface area contributed by atoms with E-state index < -0.39 is 35.2 Å². The molecule has 0 radical (unpaired) electrons. The number of hydrogen-bond donors (Lipinski definition) is 1. The van der Waals surface area contributed by atoms with Gasteiger partial charge in [0.1, 0.15) is 0 Å². The lowest BCUT2D eigenvalue weighted by Crippen LogP contribution is -2.19. The van der Waals surface area contributed by atoms with Crippen LogP contribution in [0.2, 0.25) is 0 Å². The summed E-state index contributed by atoms with van der Waals surface area (Å²) < 4.78 is 65.6. The Bertz CT molecular complexity index is 1290. The Morgan fingerprint density at radius 2 is 1.20 bits per heavy atom. The molecule has 30 heavy (non-hydrogen) atoms. The fourth-order valence-electron chi connectivity index (χ4n) is 1.04. The summed E-state index contributed by atoms with van der Waals surface area (Å²) in [5.41, 5.74) is -0.792. The zero-order chi connectivity index (χ0) is 23.8. The Hall–Kier alpha value is -2.93. The van der Waals surface area contributed by atoms with E-state index in [1.54, 1.807) is 0 Å². The quantitative estimate of drug-likeness (QED) is 0.443. The first-order chi connectivity index (χ1) is 13.4. The van der Waals surface area contributed by atoms with Crippen molar-refractivity contribution in [2.24, 2.45) is 14.1 Å². The third kappa shape index (κ3) is 13.3. The molecule has 1 N–H and O–H groups in total. The van der Waals surface area contributed by atoms with E-state index in [2.05, 4.69) is 26.0 Å². The van der Waals surface area contributed by atoms with Gasteiger partial charge >= 0.3 is 11.4 Å². The van der Waals surface area contributed by atoms with Crippen molar-refractivity contribution in [2.45, 2.75) is 0 Å². The first-order valence-corrected chi connectivity index (χ1v) is 13.2. The van der Waals surface area contributed by atoms with Gasteiger partial charge < -0.3 is 0 Å². The van der Waals surface area contributed by atoms with Crippen LogP contribution in [0.5, 0.6) is 0 Å². The van der Waals surface area contributed by atoms with E-state index in [1.165, 1.54) is 14.1 Å². The maximum absolute atomic E-state index is 11.0. The van der Waals surface area contributed by atoms with Gasteiger partial charge in [-0.3, -0.25) is 0 Å². The minimum absolute atomic E-state index is 0.292. The van der Waals surface area contributed by atoms with Crippen LogP contribution in [0.1, 0.15) is 0 Å². The van der Waals surface area contributed by atoms with Crippen LogP contribution in [0.15, 0.2) is 25.8 Å². The predicted molar refractivity (Wildman–Crippen MR) is 106 cm³/mol. The molecule has 170 valence electrons. The van der Waals surface area contributed by atoms with E-state index in [-0.39, 0.29) is 5.69 Å². The normalized spacial score (nSPS) is 12.3. The maximum Gasteiger partial charge on any atom is 0.367 e. The van der Waals surface area contributed by atoms with E-state index >= 15 is 0 Å². The largest absolute Gasteiger partial charge is 0.367 e. The van der Waals surface area contributed by atoms with Gasteiger partial charge in [0.05, 0.1) is 0 Å².